The number of fused-ring (bicyclic) bond motifs is 5. The van der Waals surface area contributed by atoms with Gasteiger partial charge in [0.1, 0.15) is 6.10 Å². The van der Waals surface area contributed by atoms with Crippen LogP contribution in [0.5, 0.6) is 0 Å². The minimum Gasteiger partial charge on any atom is -0.462 e. The number of rotatable bonds is 13. The molecule has 0 saturated heterocycles. The maximum atomic E-state index is 12.6. The van der Waals surface area contributed by atoms with E-state index < -0.39 is 0 Å². The molecule has 0 spiro atoms. The highest BCUT2D eigenvalue weighted by Gasteiger charge is 2.66. The largest absolute Gasteiger partial charge is 0.462 e. The minimum atomic E-state index is 0.0246. The highest BCUT2D eigenvalue weighted by atomic mass is 79.9. The Morgan fingerprint density at radius 1 is 0.842 bits per heavy atom. The number of hydrogen-bond acceptors (Lipinski definition) is 2. The van der Waals surface area contributed by atoms with E-state index in [1.54, 1.807) is 0 Å². The molecule has 0 heterocycles. The fourth-order valence-corrected chi connectivity index (χ4v) is 12.1. The first-order valence-electron chi connectivity index (χ1n) is 16.7. The molecule has 4 rings (SSSR count). The summed E-state index contributed by atoms with van der Waals surface area (Å²) in [5.41, 5.74) is 0.831. The molecule has 0 aromatic carbocycles. The van der Waals surface area contributed by atoms with Crippen LogP contribution in [0.25, 0.3) is 0 Å². The molecule has 4 heteroatoms. The SMILES string of the molecule is CCCCCCCC[C@H]1CC[C@H]2[C@@H]3C[C@@H](Br)[C@]4(Br)C[C@@H](OC(=O)CCCCCC)CC[C@]4(C)[C@H]3CC[C@]12C. The lowest BCUT2D eigenvalue weighted by Crippen LogP contribution is -2.64. The summed E-state index contributed by atoms with van der Waals surface area (Å²) in [5.74, 6) is 3.53. The van der Waals surface area contributed by atoms with Crippen molar-refractivity contribution in [3.63, 3.8) is 0 Å². The van der Waals surface area contributed by atoms with Gasteiger partial charge in [0.2, 0.25) is 0 Å². The highest BCUT2D eigenvalue weighted by molar-refractivity contribution is 9.12. The summed E-state index contributed by atoms with van der Waals surface area (Å²) in [6.45, 7) is 9.82. The van der Waals surface area contributed by atoms with Gasteiger partial charge in [0.25, 0.3) is 0 Å². The molecule has 38 heavy (non-hydrogen) atoms. The Balaban J connectivity index is 1.36. The van der Waals surface area contributed by atoms with Crippen LogP contribution in [0.15, 0.2) is 0 Å². The van der Waals surface area contributed by atoms with Gasteiger partial charge in [-0.05, 0) is 92.3 Å². The molecule has 4 fully saturated rings. The second kappa shape index (κ2) is 13.6. The van der Waals surface area contributed by atoms with Crippen molar-refractivity contribution >= 4 is 37.8 Å². The third-order valence-corrected chi connectivity index (χ3v) is 15.9. The van der Waals surface area contributed by atoms with E-state index in [2.05, 4.69) is 59.6 Å². The molecular formula is C34H58Br2O2. The first-order chi connectivity index (χ1) is 18.2. The monoisotopic (exact) mass is 656 g/mol. The number of carbonyl (C=O) groups excluding carboxylic acids is 1. The zero-order valence-corrected chi connectivity index (χ0v) is 28.4. The third-order valence-electron chi connectivity index (χ3n) is 12.3. The molecule has 220 valence electrons. The average Bonchev–Trinajstić information content (AvgIpc) is 3.22. The summed E-state index contributed by atoms with van der Waals surface area (Å²) in [5, 5.41) is 0. The van der Waals surface area contributed by atoms with Crippen molar-refractivity contribution in [1.82, 2.24) is 0 Å². The minimum absolute atomic E-state index is 0.0246. The van der Waals surface area contributed by atoms with E-state index in [1.807, 2.05) is 0 Å². The third kappa shape index (κ3) is 6.27. The van der Waals surface area contributed by atoms with Crippen LogP contribution in [0.4, 0.5) is 0 Å². The van der Waals surface area contributed by atoms with Crippen molar-refractivity contribution in [2.75, 3.05) is 0 Å². The van der Waals surface area contributed by atoms with Gasteiger partial charge in [-0.3, -0.25) is 4.79 Å². The van der Waals surface area contributed by atoms with Crippen molar-refractivity contribution in [3.8, 4) is 0 Å². The first-order valence-corrected chi connectivity index (χ1v) is 18.4. The molecule has 4 aliphatic rings. The molecule has 0 unspecified atom stereocenters. The lowest BCUT2D eigenvalue weighted by atomic mass is 9.44. The molecule has 0 aliphatic heterocycles. The Hall–Kier alpha value is 0.430. The van der Waals surface area contributed by atoms with Crippen LogP contribution in [0, 0.1) is 34.5 Å². The second-order valence-electron chi connectivity index (χ2n) is 14.4. The molecule has 4 aliphatic carbocycles. The standard InChI is InChI=1S/C34H58Br2O2/c1-5-7-9-11-12-13-15-25-17-18-28-27-23-30(35)34(36)24-26(38-31(37)16-14-10-8-6-2)19-22-33(34,4)29(27)20-21-32(25,28)3/h25-30H,5-24H2,1-4H3/t25-,26-,27-,28-,29-,30+,32+,33+,34+/m0/s1. The molecule has 9 atom stereocenters. The van der Waals surface area contributed by atoms with E-state index in [1.165, 1.54) is 96.3 Å². The Labute approximate surface area is 252 Å². The number of ether oxygens (including phenoxy) is 1. The van der Waals surface area contributed by atoms with Gasteiger partial charge in [0.15, 0.2) is 0 Å². The molecule has 0 radical (unpaired) electrons. The Morgan fingerprint density at radius 2 is 1.53 bits per heavy atom. The number of esters is 1. The zero-order valence-electron chi connectivity index (χ0n) is 25.2. The van der Waals surface area contributed by atoms with E-state index >= 15 is 0 Å². The van der Waals surface area contributed by atoms with E-state index in [-0.39, 0.29) is 21.8 Å². The topological polar surface area (TPSA) is 26.3 Å². The van der Waals surface area contributed by atoms with Gasteiger partial charge in [-0.1, -0.05) is 117 Å². The van der Waals surface area contributed by atoms with Crippen LogP contribution < -0.4 is 0 Å². The number of hydrogen-bond donors (Lipinski definition) is 0. The molecule has 0 N–H and O–H groups in total. The van der Waals surface area contributed by atoms with Gasteiger partial charge in [-0.15, -0.1) is 0 Å². The van der Waals surface area contributed by atoms with Crippen molar-refractivity contribution in [2.45, 2.75) is 171 Å². The van der Waals surface area contributed by atoms with Crippen LogP contribution in [0.1, 0.15) is 156 Å². The van der Waals surface area contributed by atoms with Crippen LogP contribution in [0.3, 0.4) is 0 Å². The summed E-state index contributed by atoms with van der Waals surface area (Å²) in [6.07, 6.45) is 25.4. The molecule has 0 bridgehead atoms. The van der Waals surface area contributed by atoms with Crippen molar-refractivity contribution in [1.29, 1.82) is 0 Å². The van der Waals surface area contributed by atoms with Crippen LogP contribution in [-0.2, 0) is 9.53 Å². The molecule has 4 saturated carbocycles. The van der Waals surface area contributed by atoms with Crippen molar-refractivity contribution in [3.05, 3.63) is 0 Å². The number of alkyl halides is 2. The maximum Gasteiger partial charge on any atom is 0.306 e. The predicted octanol–water partition coefficient (Wildman–Crippen LogP) is 11.2. The maximum absolute atomic E-state index is 12.6. The molecular weight excluding hydrogens is 600 g/mol. The van der Waals surface area contributed by atoms with Crippen molar-refractivity contribution < 1.29 is 9.53 Å². The average molecular weight is 659 g/mol. The summed E-state index contributed by atoms with van der Waals surface area (Å²) in [6, 6.07) is 0. The summed E-state index contributed by atoms with van der Waals surface area (Å²) in [7, 11) is 0. The van der Waals surface area contributed by atoms with Crippen LogP contribution in [-0.4, -0.2) is 21.2 Å². The molecule has 2 nitrogen and oxygen atoms in total. The highest BCUT2D eigenvalue weighted by Crippen LogP contribution is 2.71. The van der Waals surface area contributed by atoms with Crippen molar-refractivity contribution in [2.24, 2.45) is 34.5 Å². The predicted molar refractivity (Wildman–Crippen MR) is 168 cm³/mol. The Kier molecular flexibility index (Phi) is 11.2. The summed E-state index contributed by atoms with van der Waals surface area (Å²) in [4.78, 5) is 13.1. The first kappa shape index (κ1) is 31.4. The lowest BCUT2D eigenvalue weighted by Gasteiger charge is -2.65. The fourth-order valence-electron chi connectivity index (χ4n) is 9.94. The number of carbonyl (C=O) groups is 1. The fraction of sp³-hybridized carbons (Fsp3) is 0.971. The summed E-state index contributed by atoms with van der Waals surface area (Å²) < 4.78 is 6.12. The van der Waals surface area contributed by atoms with Gasteiger partial charge >= 0.3 is 5.97 Å². The van der Waals surface area contributed by atoms with E-state index in [4.69, 9.17) is 4.74 Å². The van der Waals surface area contributed by atoms with E-state index in [9.17, 15) is 4.79 Å². The van der Waals surface area contributed by atoms with Crippen LogP contribution >= 0.6 is 31.9 Å². The molecule has 0 aromatic heterocycles. The van der Waals surface area contributed by atoms with Gasteiger partial charge < -0.3 is 4.74 Å². The quantitative estimate of drug-likeness (QED) is 0.112. The number of unbranched alkanes of at least 4 members (excludes halogenated alkanes) is 8. The second-order valence-corrected chi connectivity index (χ2v) is 16.9. The number of halogens is 2. The zero-order chi connectivity index (χ0) is 27.4. The Morgan fingerprint density at radius 3 is 2.26 bits per heavy atom. The molecule has 0 amide bonds. The smallest absolute Gasteiger partial charge is 0.306 e. The molecule has 0 aromatic rings. The van der Waals surface area contributed by atoms with Gasteiger partial charge in [0, 0.05) is 22.0 Å². The van der Waals surface area contributed by atoms with Crippen LogP contribution in [0.2, 0.25) is 0 Å². The lowest BCUT2D eigenvalue weighted by molar-refractivity contribution is -0.157. The van der Waals surface area contributed by atoms with Gasteiger partial charge in [-0.25, -0.2) is 0 Å². The normalized spacial score (nSPS) is 42.3. The van der Waals surface area contributed by atoms with E-state index in [0.29, 0.717) is 16.7 Å². The van der Waals surface area contributed by atoms with Gasteiger partial charge in [-0.2, -0.15) is 0 Å². The summed E-state index contributed by atoms with van der Waals surface area (Å²) >= 11 is 8.63. The van der Waals surface area contributed by atoms with E-state index in [0.717, 1.165) is 49.4 Å². The van der Waals surface area contributed by atoms with Gasteiger partial charge in [0.05, 0.1) is 0 Å². The Bertz CT molecular complexity index is 772.